The summed E-state index contributed by atoms with van der Waals surface area (Å²) in [6, 6.07) is 18.5. The Morgan fingerprint density at radius 3 is 2.76 bits per heavy atom. The van der Waals surface area contributed by atoms with E-state index in [1.54, 1.807) is 24.3 Å². The van der Waals surface area contributed by atoms with Gasteiger partial charge in [0.25, 0.3) is 5.91 Å². The van der Waals surface area contributed by atoms with E-state index >= 15 is 0 Å². The molecule has 2 aromatic rings. The average molecular weight is 333 g/mol. The summed E-state index contributed by atoms with van der Waals surface area (Å²) < 4.78 is 0. The zero-order chi connectivity index (χ0) is 17.6. The van der Waals surface area contributed by atoms with Crippen LogP contribution in [0.2, 0.25) is 0 Å². The van der Waals surface area contributed by atoms with E-state index < -0.39 is 0 Å². The van der Waals surface area contributed by atoms with Crippen LogP contribution in [0.25, 0.3) is 0 Å². The van der Waals surface area contributed by atoms with Crippen molar-refractivity contribution in [2.75, 3.05) is 13.1 Å². The summed E-state index contributed by atoms with van der Waals surface area (Å²) in [6.07, 6.45) is 0.450. The second kappa shape index (κ2) is 7.63. The zero-order valence-electron chi connectivity index (χ0n) is 13.8. The second-order valence-electron chi connectivity index (χ2n) is 6.23. The number of nitrogens with zero attached hydrogens (tertiary/aromatic N) is 2. The lowest BCUT2D eigenvalue weighted by molar-refractivity contribution is -0.128. The molecule has 1 atom stereocenters. The highest BCUT2D eigenvalue weighted by atomic mass is 16.2. The molecule has 5 heteroatoms. The third-order valence-electron chi connectivity index (χ3n) is 4.32. The molecule has 1 saturated heterocycles. The number of hydrogen-bond acceptors (Lipinski definition) is 3. The molecule has 1 heterocycles. The van der Waals surface area contributed by atoms with Crippen molar-refractivity contribution in [2.45, 2.75) is 13.0 Å². The molecule has 0 aromatic heterocycles. The standard InChI is InChI=1S/C20H19N3O2/c21-11-16-7-4-8-18(9-16)20(25)22-12-17-10-19(24)23(14-17)13-15-5-2-1-3-6-15/h1-9,17H,10,12-14H2,(H,22,25). The maximum atomic E-state index is 12.2. The number of hydrogen-bond donors (Lipinski definition) is 1. The smallest absolute Gasteiger partial charge is 0.251 e. The first-order chi connectivity index (χ1) is 12.2. The van der Waals surface area contributed by atoms with Crippen LogP contribution in [-0.2, 0) is 11.3 Å². The Kier molecular flexibility index (Phi) is 5.10. The predicted molar refractivity (Wildman–Crippen MR) is 93.5 cm³/mol. The molecule has 5 nitrogen and oxygen atoms in total. The third-order valence-corrected chi connectivity index (χ3v) is 4.32. The number of nitriles is 1. The van der Waals surface area contributed by atoms with E-state index in [4.69, 9.17) is 5.26 Å². The first-order valence-corrected chi connectivity index (χ1v) is 8.26. The molecule has 1 aliphatic rings. The van der Waals surface area contributed by atoms with Crippen LogP contribution >= 0.6 is 0 Å². The van der Waals surface area contributed by atoms with Crippen molar-refractivity contribution in [3.05, 3.63) is 71.3 Å². The Morgan fingerprint density at radius 2 is 2.00 bits per heavy atom. The van der Waals surface area contributed by atoms with E-state index in [1.807, 2.05) is 41.3 Å². The van der Waals surface area contributed by atoms with Gasteiger partial charge in [-0.1, -0.05) is 36.4 Å². The Balaban J connectivity index is 1.53. The van der Waals surface area contributed by atoms with E-state index in [0.29, 0.717) is 37.2 Å². The summed E-state index contributed by atoms with van der Waals surface area (Å²) in [7, 11) is 0. The molecular weight excluding hydrogens is 314 g/mol. The summed E-state index contributed by atoms with van der Waals surface area (Å²) in [4.78, 5) is 26.2. The number of benzene rings is 2. The van der Waals surface area contributed by atoms with E-state index in [2.05, 4.69) is 5.32 Å². The number of carbonyl (C=O) groups is 2. The predicted octanol–water partition coefficient (Wildman–Crippen LogP) is 2.34. The van der Waals surface area contributed by atoms with Crippen molar-refractivity contribution in [3.8, 4) is 6.07 Å². The van der Waals surface area contributed by atoms with E-state index in [1.165, 1.54) is 0 Å². The summed E-state index contributed by atoms with van der Waals surface area (Å²) >= 11 is 0. The lowest BCUT2D eigenvalue weighted by Crippen LogP contribution is -2.31. The summed E-state index contributed by atoms with van der Waals surface area (Å²) in [6.45, 7) is 1.70. The highest BCUT2D eigenvalue weighted by Crippen LogP contribution is 2.19. The van der Waals surface area contributed by atoms with Gasteiger partial charge in [-0.2, -0.15) is 5.26 Å². The molecule has 0 spiro atoms. The molecule has 2 amide bonds. The maximum absolute atomic E-state index is 12.2. The molecule has 1 fully saturated rings. The molecule has 0 aliphatic carbocycles. The number of nitrogens with one attached hydrogen (secondary N) is 1. The molecule has 1 aliphatic heterocycles. The fourth-order valence-electron chi connectivity index (χ4n) is 3.02. The van der Waals surface area contributed by atoms with E-state index in [9.17, 15) is 9.59 Å². The number of amides is 2. The second-order valence-corrected chi connectivity index (χ2v) is 6.23. The topological polar surface area (TPSA) is 73.2 Å². The fourth-order valence-corrected chi connectivity index (χ4v) is 3.02. The van der Waals surface area contributed by atoms with Gasteiger partial charge in [0.1, 0.15) is 0 Å². The van der Waals surface area contributed by atoms with Crippen molar-refractivity contribution in [1.82, 2.24) is 10.2 Å². The first kappa shape index (κ1) is 16.7. The van der Waals surface area contributed by atoms with Crippen molar-refractivity contribution in [3.63, 3.8) is 0 Å². The largest absolute Gasteiger partial charge is 0.352 e. The summed E-state index contributed by atoms with van der Waals surface area (Å²) in [5.74, 6) is 0.0138. The van der Waals surface area contributed by atoms with Gasteiger partial charge in [-0.3, -0.25) is 9.59 Å². The number of rotatable bonds is 5. The molecule has 126 valence electrons. The van der Waals surface area contributed by atoms with Gasteiger partial charge in [0.2, 0.25) is 5.91 Å². The van der Waals surface area contributed by atoms with Crippen LogP contribution < -0.4 is 5.32 Å². The number of carbonyl (C=O) groups excluding carboxylic acids is 2. The van der Waals surface area contributed by atoms with Gasteiger partial charge in [-0.15, -0.1) is 0 Å². The van der Waals surface area contributed by atoms with Crippen molar-refractivity contribution >= 4 is 11.8 Å². The van der Waals surface area contributed by atoms with Crippen LogP contribution in [-0.4, -0.2) is 29.8 Å². The van der Waals surface area contributed by atoms with Crippen LogP contribution in [0.4, 0.5) is 0 Å². The van der Waals surface area contributed by atoms with Crippen molar-refractivity contribution in [1.29, 1.82) is 5.26 Å². The molecule has 0 radical (unpaired) electrons. The van der Waals surface area contributed by atoms with Crippen LogP contribution in [0.15, 0.2) is 54.6 Å². The normalized spacial score (nSPS) is 16.5. The Hall–Kier alpha value is -3.13. The molecule has 3 rings (SSSR count). The Bertz CT molecular complexity index is 811. The van der Waals surface area contributed by atoms with Crippen molar-refractivity contribution < 1.29 is 9.59 Å². The van der Waals surface area contributed by atoms with Crippen LogP contribution in [0, 0.1) is 17.2 Å². The van der Waals surface area contributed by atoms with Gasteiger partial charge in [0.05, 0.1) is 11.6 Å². The number of likely N-dealkylation sites (tertiary alicyclic amines) is 1. The van der Waals surface area contributed by atoms with Crippen LogP contribution in [0.5, 0.6) is 0 Å². The molecular formula is C20H19N3O2. The quantitative estimate of drug-likeness (QED) is 0.913. The fraction of sp³-hybridized carbons (Fsp3) is 0.250. The van der Waals surface area contributed by atoms with Gasteiger partial charge in [-0.25, -0.2) is 0 Å². The lowest BCUT2D eigenvalue weighted by atomic mass is 10.1. The molecule has 2 aromatic carbocycles. The van der Waals surface area contributed by atoms with Gasteiger partial charge in [-0.05, 0) is 23.8 Å². The van der Waals surface area contributed by atoms with Crippen molar-refractivity contribution in [2.24, 2.45) is 5.92 Å². The third kappa shape index (κ3) is 4.24. The molecule has 1 N–H and O–H groups in total. The minimum Gasteiger partial charge on any atom is -0.352 e. The molecule has 1 unspecified atom stereocenters. The van der Waals surface area contributed by atoms with Gasteiger partial charge in [0, 0.05) is 37.5 Å². The minimum absolute atomic E-state index is 0.110. The first-order valence-electron chi connectivity index (χ1n) is 8.26. The van der Waals surface area contributed by atoms with E-state index in [0.717, 1.165) is 5.56 Å². The molecule has 25 heavy (non-hydrogen) atoms. The summed E-state index contributed by atoms with van der Waals surface area (Å²) in [5, 5.41) is 11.8. The molecule has 0 saturated carbocycles. The maximum Gasteiger partial charge on any atom is 0.251 e. The minimum atomic E-state index is -0.217. The Morgan fingerprint density at radius 1 is 1.20 bits per heavy atom. The highest BCUT2D eigenvalue weighted by Gasteiger charge is 2.29. The monoisotopic (exact) mass is 333 g/mol. The summed E-state index contributed by atoms with van der Waals surface area (Å²) in [5.41, 5.74) is 2.02. The zero-order valence-corrected chi connectivity index (χ0v) is 13.8. The Labute approximate surface area is 146 Å². The molecule has 0 bridgehead atoms. The van der Waals surface area contributed by atoms with Gasteiger partial charge in [0.15, 0.2) is 0 Å². The highest BCUT2D eigenvalue weighted by molar-refractivity contribution is 5.94. The van der Waals surface area contributed by atoms with E-state index in [-0.39, 0.29) is 17.7 Å². The van der Waals surface area contributed by atoms with Gasteiger partial charge < -0.3 is 10.2 Å². The van der Waals surface area contributed by atoms with Crippen LogP contribution in [0.1, 0.15) is 27.9 Å². The van der Waals surface area contributed by atoms with Crippen LogP contribution in [0.3, 0.4) is 0 Å². The lowest BCUT2D eigenvalue weighted by Gasteiger charge is -2.17. The average Bonchev–Trinajstić information content (AvgIpc) is 3.00. The SMILES string of the molecule is N#Cc1cccc(C(=O)NCC2CC(=O)N(Cc3ccccc3)C2)c1. The van der Waals surface area contributed by atoms with Gasteiger partial charge >= 0.3 is 0 Å².